The lowest BCUT2D eigenvalue weighted by Gasteiger charge is -2.40. The monoisotopic (exact) mass is 420 g/mol. The molecular formula is C19H28N6O3S. The fourth-order valence-electron chi connectivity index (χ4n) is 3.99. The molecule has 2 aliphatic heterocycles. The molecule has 2 atom stereocenters. The molecule has 2 fully saturated rings. The van der Waals surface area contributed by atoms with Crippen molar-refractivity contribution in [3.63, 3.8) is 0 Å². The number of ether oxygens (including phenoxy) is 1. The summed E-state index contributed by atoms with van der Waals surface area (Å²) < 4.78 is 36.9. The zero-order valence-electron chi connectivity index (χ0n) is 16.9. The van der Waals surface area contributed by atoms with E-state index < -0.39 is 10.2 Å². The Morgan fingerprint density at radius 2 is 1.62 bits per heavy atom. The lowest BCUT2D eigenvalue weighted by Crippen LogP contribution is -2.57. The molecule has 2 aliphatic rings. The number of hydrogen-bond acceptors (Lipinski definition) is 6. The van der Waals surface area contributed by atoms with Crippen LogP contribution in [-0.4, -0.2) is 88.2 Å². The second-order valence-corrected chi connectivity index (χ2v) is 9.62. The Morgan fingerprint density at radius 3 is 2.28 bits per heavy atom. The van der Waals surface area contributed by atoms with Crippen molar-refractivity contribution >= 4 is 10.2 Å². The number of hydrogen-bond donors (Lipinski definition) is 0. The van der Waals surface area contributed by atoms with Crippen molar-refractivity contribution in [1.29, 1.82) is 0 Å². The minimum Gasteiger partial charge on any atom is -0.373 e. The van der Waals surface area contributed by atoms with Gasteiger partial charge in [0.05, 0.1) is 24.6 Å². The summed E-state index contributed by atoms with van der Waals surface area (Å²) in [6, 6.07) is 5.90. The number of morpholine rings is 1. The molecule has 0 N–H and O–H groups in total. The predicted octanol–water partition coefficient (Wildman–Crippen LogP) is 0.874. The van der Waals surface area contributed by atoms with Gasteiger partial charge in [-0.15, -0.1) is 0 Å². The number of piperazine rings is 1. The largest absolute Gasteiger partial charge is 0.373 e. The highest BCUT2D eigenvalue weighted by atomic mass is 32.2. The molecule has 158 valence electrons. The number of nitrogens with zero attached hydrogens (tertiary/aromatic N) is 6. The van der Waals surface area contributed by atoms with E-state index >= 15 is 0 Å². The average Bonchev–Trinajstić information content (AvgIpc) is 3.16. The summed E-state index contributed by atoms with van der Waals surface area (Å²) in [6.07, 6.45) is 5.16. The smallest absolute Gasteiger partial charge is 0.282 e. The summed E-state index contributed by atoms with van der Waals surface area (Å²) in [5.74, 6) is 0. The third-order valence-electron chi connectivity index (χ3n) is 5.40. The van der Waals surface area contributed by atoms with Crippen LogP contribution in [0.2, 0.25) is 0 Å². The molecule has 0 saturated carbocycles. The molecule has 2 aromatic heterocycles. The van der Waals surface area contributed by atoms with Crippen LogP contribution < -0.4 is 0 Å². The van der Waals surface area contributed by atoms with E-state index in [0.717, 1.165) is 11.3 Å². The van der Waals surface area contributed by atoms with Gasteiger partial charge in [0.25, 0.3) is 10.2 Å². The molecule has 0 radical (unpaired) electrons. The van der Waals surface area contributed by atoms with E-state index in [4.69, 9.17) is 4.74 Å². The van der Waals surface area contributed by atoms with Crippen LogP contribution in [0, 0.1) is 0 Å². The van der Waals surface area contributed by atoms with Crippen LogP contribution in [-0.2, 0) is 21.6 Å². The van der Waals surface area contributed by atoms with E-state index in [1.165, 1.54) is 0 Å². The molecule has 10 heteroatoms. The highest BCUT2D eigenvalue weighted by Gasteiger charge is 2.36. The van der Waals surface area contributed by atoms with Gasteiger partial charge in [-0.2, -0.15) is 22.1 Å². The van der Waals surface area contributed by atoms with Crippen LogP contribution in [0.1, 0.15) is 13.8 Å². The Hall–Kier alpha value is -1.85. The van der Waals surface area contributed by atoms with Crippen LogP contribution in [0.5, 0.6) is 0 Å². The van der Waals surface area contributed by atoms with Gasteiger partial charge in [-0.05, 0) is 32.0 Å². The van der Waals surface area contributed by atoms with E-state index in [2.05, 4.69) is 15.0 Å². The number of aromatic nitrogens is 3. The average molecular weight is 421 g/mol. The molecule has 0 amide bonds. The molecule has 4 rings (SSSR count). The highest BCUT2D eigenvalue weighted by Crippen LogP contribution is 2.21. The van der Waals surface area contributed by atoms with E-state index in [9.17, 15) is 8.42 Å². The molecule has 0 aromatic carbocycles. The molecule has 2 saturated heterocycles. The molecule has 0 spiro atoms. The first-order chi connectivity index (χ1) is 13.9. The summed E-state index contributed by atoms with van der Waals surface area (Å²) >= 11 is 0. The quantitative estimate of drug-likeness (QED) is 0.714. The van der Waals surface area contributed by atoms with Gasteiger partial charge >= 0.3 is 0 Å². The summed E-state index contributed by atoms with van der Waals surface area (Å²) in [5.41, 5.74) is 2.09. The van der Waals surface area contributed by atoms with E-state index in [1.807, 2.05) is 36.7 Å². The van der Waals surface area contributed by atoms with E-state index in [1.54, 1.807) is 27.2 Å². The van der Waals surface area contributed by atoms with Gasteiger partial charge in [0.1, 0.15) is 0 Å². The second kappa shape index (κ2) is 8.49. The van der Waals surface area contributed by atoms with Crippen molar-refractivity contribution in [3.8, 4) is 11.3 Å². The van der Waals surface area contributed by atoms with Crippen LogP contribution in [0.15, 0.2) is 36.8 Å². The molecule has 29 heavy (non-hydrogen) atoms. The maximum absolute atomic E-state index is 13.0. The standard InChI is InChI=1S/C19H28N6O3S/c1-16-13-24(14-17(2)28-16)29(26,27)23-11-9-22(10-12-23)15-25-19(5-8-21-25)18-3-6-20-7-4-18/h3-8,16-17H,9-15H2,1-2H3. The third kappa shape index (κ3) is 4.51. The molecule has 0 bridgehead atoms. The zero-order chi connectivity index (χ0) is 20.4. The Bertz CT molecular complexity index is 901. The minimum atomic E-state index is -3.46. The van der Waals surface area contributed by atoms with Crippen LogP contribution >= 0.6 is 0 Å². The first kappa shape index (κ1) is 20.4. The Kier molecular flexibility index (Phi) is 5.98. The fraction of sp³-hybridized carbons (Fsp3) is 0.579. The van der Waals surface area contributed by atoms with E-state index in [-0.39, 0.29) is 12.2 Å². The highest BCUT2D eigenvalue weighted by molar-refractivity contribution is 7.86. The van der Waals surface area contributed by atoms with Gasteiger partial charge in [0, 0.05) is 63.4 Å². The summed E-state index contributed by atoms with van der Waals surface area (Å²) in [6.45, 7) is 7.59. The predicted molar refractivity (Wildman–Crippen MR) is 109 cm³/mol. The van der Waals surface area contributed by atoms with Crippen LogP contribution in [0.25, 0.3) is 11.3 Å². The summed E-state index contributed by atoms with van der Waals surface area (Å²) in [5, 5.41) is 4.45. The number of pyridine rings is 1. The molecule has 2 aromatic rings. The maximum atomic E-state index is 13.0. The van der Waals surface area contributed by atoms with Crippen molar-refractivity contribution in [2.24, 2.45) is 0 Å². The Balaban J connectivity index is 1.37. The van der Waals surface area contributed by atoms with Crippen molar-refractivity contribution in [2.45, 2.75) is 32.7 Å². The van der Waals surface area contributed by atoms with Crippen LogP contribution in [0.3, 0.4) is 0 Å². The maximum Gasteiger partial charge on any atom is 0.282 e. The van der Waals surface area contributed by atoms with E-state index in [0.29, 0.717) is 45.9 Å². The van der Waals surface area contributed by atoms with Crippen molar-refractivity contribution in [3.05, 3.63) is 36.8 Å². The van der Waals surface area contributed by atoms with Gasteiger partial charge in [-0.25, -0.2) is 0 Å². The summed E-state index contributed by atoms with van der Waals surface area (Å²) in [4.78, 5) is 6.30. The Labute approximate surface area is 172 Å². The van der Waals surface area contributed by atoms with Crippen molar-refractivity contribution in [1.82, 2.24) is 28.3 Å². The van der Waals surface area contributed by atoms with Gasteiger partial charge in [0.15, 0.2) is 0 Å². The van der Waals surface area contributed by atoms with Crippen molar-refractivity contribution < 1.29 is 13.2 Å². The fourth-order valence-corrected chi connectivity index (χ4v) is 5.73. The summed E-state index contributed by atoms with van der Waals surface area (Å²) in [7, 11) is -3.46. The number of rotatable bonds is 5. The SMILES string of the molecule is CC1CN(S(=O)(=O)N2CCN(Cn3nccc3-c3ccncc3)CC2)CC(C)O1. The third-order valence-corrected chi connectivity index (χ3v) is 7.36. The molecule has 9 nitrogen and oxygen atoms in total. The lowest BCUT2D eigenvalue weighted by atomic mass is 10.2. The minimum absolute atomic E-state index is 0.0822. The molecular weight excluding hydrogens is 392 g/mol. The van der Waals surface area contributed by atoms with Crippen molar-refractivity contribution in [2.75, 3.05) is 39.3 Å². The normalized spacial score (nSPS) is 25.3. The second-order valence-electron chi connectivity index (χ2n) is 7.69. The van der Waals surface area contributed by atoms with Gasteiger partial charge in [-0.1, -0.05) is 0 Å². The zero-order valence-corrected chi connectivity index (χ0v) is 17.7. The van der Waals surface area contributed by atoms with Crippen LogP contribution in [0.4, 0.5) is 0 Å². The van der Waals surface area contributed by atoms with Gasteiger partial charge < -0.3 is 4.74 Å². The molecule has 2 unspecified atom stereocenters. The molecule has 4 heterocycles. The topological polar surface area (TPSA) is 83.8 Å². The van der Waals surface area contributed by atoms with Gasteiger partial charge in [0.2, 0.25) is 0 Å². The Morgan fingerprint density at radius 1 is 0.966 bits per heavy atom. The van der Waals surface area contributed by atoms with Gasteiger partial charge in [-0.3, -0.25) is 14.6 Å². The first-order valence-electron chi connectivity index (χ1n) is 9.99. The lowest BCUT2D eigenvalue weighted by molar-refractivity contribution is -0.0458. The molecule has 0 aliphatic carbocycles. The first-order valence-corrected chi connectivity index (χ1v) is 11.4.